The topological polar surface area (TPSA) is 44.4 Å². The molecule has 2 aliphatic heterocycles. The highest BCUT2D eigenvalue weighted by Gasteiger charge is 2.29. The van der Waals surface area contributed by atoms with Crippen LogP contribution >= 0.6 is 0 Å². The molecule has 2 saturated heterocycles. The number of piperazine rings is 1. The Hall–Kier alpha value is -0.610. The predicted octanol–water partition coefficient (Wildman–Crippen LogP) is -0.0512. The van der Waals surface area contributed by atoms with Crippen molar-refractivity contribution in [2.75, 3.05) is 26.2 Å². The van der Waals surface area contributed by atoms with Crippen molar-refractivity contribution in [1.29, 1.82) is 0 Å². The first-order chi connectivity index (χ1) is 7.29. The first-order valence-corrected chi connectivity index (χ1v) is 6.03. The van der Waals surface area contributed by atoms with Gasteiger partial charge in [0, 0.05) is 32.2 Å². The fraction of sp³-hybridized carbons (Fsp3) is 0.909. The fourth-order valence-corrected chi connectivity index (χ4v) is 2.45. The summed E-state index contributed by atoms with van der Waals surface area (Å²) in [6.07, 6.45) is 3.59. The smallest absolute Gasteiger partial charge is 0.241 e. The molecule has 2 heterocycles. The van der Waals surface area contributed by atoms with Gasteiger partial charge in [0.25, 0.3) is 0 Å². The van der Waals surface area contributed by atoms with Gasteiger partial charge in [0.15, 0.2) is 0 Å². The van der Waals surface area contributed by atoms with E-state index in [1.165, 1.54) is 6.42 Å². The Morgan fingerprint density at radius 2 is 2.20 bits per heavy atom. The summed E-state index contributed by atoms with van der Waals surface area (Å²) >= 11 is 0. The highest BCUT2D eigenvalue weighted by atomic mass is 16.2. The van der Waals surface area contributed by atoms with Gasteiger partial charge in [-0.25, -0.2) is 0 Å². The maximum absolute atomic E-state index is 12.2. The third kappa shape index (κ3) is 2.49. The van der Waals surface area contributed by atoms with Gasteiger partial charge in [0.2, 0.25) is 5.91 Å². The first kappa shape index (κ1) is 10.9. The zero-order chi connectivity index (χ0) is 10.7. The van der Waals surface area contributed by atoms with E-state index >= 15 is 0 Å². The predicted molar refractivity (Wildman–Crippen MR) is 59.7 cm³/mol. The molecule has 0 aromatic heterocycles. The van der Waals surface area contributed by atoms with E-state index in [2.05, 4.69) is 17.6 Å². The van der Waals surface area contributed by atoms with Gasteiger partial charge >= 0.3 is 0 Å². The number of rotatable bonds is 1. The van der Waals surface area contributed by atoms with Crippen LogP contribution in [0.2, 0.25) is 0 Å². The summed E-state index contributed by atoms with van der Waals surface area (Å²) in [4.78, 5) is 14.2. The molecular weight excluding hydrogens is 190 g/mol. The quantitative estimate of drug-likeness (QED) is 0.639. The fourth-order valence-electron chi connectivity index (χ4n) is 2.45. The number of nitrogens with zero attached hydrogens (tertiary/aromatic N) is 1. The van der Waals surface area contributed by atoms with Gasteiger partial charge in [-0.05, 0) is 26.2 Å². The zero-order valence-electron chi connectivity index (χ0n) is 9.46. The Morgan fingerprint density at radius 3 is 2.87 bits per heavy atom. The molecule has 2 fully saturated rings. The molecule has 15 heavy (non-hydrogen) atoms. The van der Waals surface area contributed by atoms with Gasteiger partial charge < -0.3 is 15.5 Å². The van der Waals surface area contributed by atoms with Crippen LogP contribution in [0.15, 0.2) is 0 Å². The summed E-state index contributed by atoms with van der Waals surface area (Å²) < 4.78 is 0. The van der Waals surface area contributed by atoms with Gasteiger partial charge in [-0.15, -0.1) is 0 Å². The summed E-state index contributed by atoms with van der Waals surface area (Å²) in [7, 11) is 0. The van der Waals surface area contributed by atoms with Crippen molar-refractivity contribution >= 4 is 5.91 Å². The summed E-state index contributed by atoms with van der Waals surface area (Å²) in [5.74, 6) is 0.286. The van der Waals surface area contributed by atoms with Gasteiger partial charge in [0.1, 0.15) is 0 Å². The number of nitrogens with one attached hydrogen (secondary N) is 2. The third-order valence-electron chi connectivity index (χ3n) is 3.43. The van der Waals surface area contributed by atoms with E-state index in [9.17, 15) is 4.79 Å². The average Bonchev–Trinajstić information content (AvgIpc) is 2.30. The lowest BCUT2D eigenvalue weighted by atomic mass is 10.0. The highest BCUT2D eigenvalue weighted by molar-refractivity contribution is 5.82. The molecule has 0 radical (unpaired) electrons. The van der Waals surface area contributed by atoms with Crippen molar-refractivity contribution in [2.45, 2.75) is 38.3 Å². The molecule has 2 rings (SSSR count). The SMILES string of the molecule is CC1CCCCN1C(=O)C1CNCCN1. The number of hydrogen-bond acceptors (Lipinski definition) is 3. The molecular formula is C11H21N3O. The molecule has 0 saturated carbocycles. The van der Waals surface area contributed by atoms with Crippen molar-refractivity contribution in [3.05, 3.63) is 0 Å². The van der Waals surface area contributed by atoms with E-state index in [4.69, 9.17) is 0 Å². The summed E-state index contributed by atoms with van der Waals surface area (Å²) in [6.45, 7) is 5.76. The zero-order valence-corrected chi connectivity index (χ0v) is 9.46. The van der Waals surface area contributed by atoms with E-state index in [0.29, 0.717) is 6.04 Å². The van der Waals surface area contributed by atoms with Crippen LogP contribution in [0.4, 0.5) is 0 Å². The number of carbonyl (C=O) groups is 1. The van der Waals surface area contributed by atoms with Crippen LogP contribution in [0.3, 0.4) is 0 Å². The van der Waals surface area contributed by atoms with Crippen LogP contribution in [-0.4, -0.2) is 49.1 Å². The maximum Gasteiger partial charge on any atom is 0.241 e. The summed E-state index contributed by atoms with van der Waals surface area (Å²) in [5, 5.41) is 6.54. The van der Waals surface area contributed by atoms with Crippen molar-refractivity contribution < 1.29 is 4.79 Å². The molecule has 4 nitrogen and oxygen atoms in total. The number of piperidine rings is 1. The average molecular weight is 211 g/mol. The normalized spacial score (nSPS) is 32.7. The molecule has 2 aliphatic rings. The first-order valence-electron chi connectivity index (χ1n) is 6.03. The summed E-state index contributed by atoms with van der Waals surface area (Å²) in [5.41, 5.74) is 0. The number of hydrogen-bond donors (Lipinski definition) is 2. The Balaban J connectivity index is 1.92. The Labute approximate surface area is 91.4 Å². The lowest BCUT2D eigenvalue weighted by molar-refractivity contribution is -0.136. The lowest BCUT2D eigenvalue weighted by Crippen LogP contribution is -2.58. The van der Waals surface area contributed by atoms with E-state index in [0.717, 1.165) is 39.0 Å². The van der Waals surface area contributed by atoms with Crippen LogP contribution in [0.5, 0.6) is 0 Å². The van der Waals surface area contributed by atoms with Gasteiger partial charge in [0.05, 0.1) is 6.04 Å². The minimum Gasteiger partial charge on any atom is -0.339 e. The van der Waals surface area contributed by atoms with Crippen LogP contribution in [-0.2, 0) is 4.79 Å². The van der Waals surface area contributed by atoms with E-state index in [1.54, 1.807) is 0 Å². The molecule has 1 amide bonds. The molecule has 2 unspecified atom stereocenters. The minimum atomic E-state index is -0.000648. The van der Waals surface area contributed by atoms with Crippen molar-refractivity contribution in [2.24, 2.45) is 0 Å². The van der Waals surface area contributed by atoms with Crippen molar-refractivity contribution in [3.8, 4) is 0 Å². The lowest BCUT2D eigenvalue weighted by Gasteiger charge is -2.37. The van der Waals surface area contributed by atoms with Crippen LogP contribution < -0.4 is 10.6 Å². The van der Waals surface area contributed by atoms with Gasteiger partial charge in [-0.2, -0.15) is 0 Å². The van der Waals surface area contributed by atoms with E-state index < -0.39 is 0 Å². The number of amides is 1. The van der Waals surface area contributed by atoms with Crippen LogP contribution in [0, 0.1) is 0 Å². The van der Waals surface area contributed by atoms with Crippen molar-refractivity contribution in [1.82, 2.24) is 15.5 Å². The second-order valence-electron chi connectivity index (χ2n) is 4.59. The van der Waals surface area contributed by atoms with Crippen LogP contribution in [0.1, 0.15) is 26.2 Å². The summed E-state index contributed by atoms with van der Waals surface area (Å²) in [6, 6.07) is 0.425. The molecule has 0 aliphatic carbocycles. The van der Waals surface area contributed by atoms with E-state index in [-0.39, 0.29) is 11.9 Å². The Bertz CT molecular complexity index is 226. The van der Waals surface area contributed by atoms with Crippen molar-refractivity contribution in [3.63, 3.8) is 0 Å². The second-order valence-corrected chi connectivity index (χ2v) is 4.59. The number of carbonyl (C=O) groups excluding carboxylic acids is 1. The molecule has 86 valence electrons. The number of likely N-dealkylation sites (tertiary alicyclic amines) is 1. The highest BCUT2D eigenvalue weighted by Crippen LogP contribution is 2.17. The maximum atomic E-state index is 12.2. The van der Waals surface area contributed by atoms with Crippen LogP contribution in [0.25, 0.3) is 0 Å². The van der Waals surface area contributed by atoms with Gasteiger partial charge in [-0.3, -0.25) is 4.79 Å². The Kier molecular flexibility index (Phi) is 3.59. The standard InChI is InChI=1S/C11H21N3O/c1-9-4-2-3-7-14(9)11(15)10-8-12-5-6-13-10/h9-10,12-13H,2-8H2,1H3. The second kappa shape index (κ2) is 4.94. The minimum absolute atomic E-state index is 0.000648. The molecule has 0 aromatic carbocycles. The monoisotopic (exact) mass is 211 g/mol. The molecule has 2 N–H and O–H groups in total. The molecule has 0 bridgehead atoms. The third-order valence-corrected chi connectivity index (χ3v) is 3.43. The van der Waals surface area contributed by atoms with Gasteiger partial charge in [-0.1, -0.05) is 0 Å². The molecule has 0 spiro atoms. The molecule has 4 heteroatoms. The van der Waals surface area contributed by atoms with E-state index in [1.807, 2.05) is 4.90 Å². The Morgan fingerprint density at radius 1 is 1.33 bits per heavy atom. The molecule has 2 atom stereocenters. The molecule has 0 aromatic rings. The largest absolute Gasteiger partial charge is 0.339 e.